The Morgan fingerprint density at radius 2 is 2.04 bits per heavy atom. The molecule has 0 aliphatic carbocycles. The minimum Gasteiger partial charge on any atom is -0.478 e. The molecule has 0 saturated carbocycles. The fourth-order valence-corrected chi connectivity index (χ4v) is 3.38. The van der Waals surface area contributed by atoms with Crippen LogP contribution in [0.15, 0.2) is 41.0 Å². The quantitative estimate of drug-likeness (QED) is 0.646. The van der Waals surface area contributed by atoms with Gasteiger partial charge in [0.15, 0.2) is 5.75 Å². The summed E-state index contributed by atoms with van der Waals surface area (Å²) in [7, 11) is -3.92. The van der Waals surface area contributed by atoms with Gasteiger partial charge in [0.2, 0.25) is 0 Å². The van der Waals surface area contributed by atoms with Gasteiger partial charge >= 0.3 is 16.1 Å². The zero-order valence-corrected chi connectivity index (χ0v) is 15.6. The lowest BCUT2D eigenvalue weighted by Crippen LogP contribution is -2.12. The van der Waals surface area contributed by atoms with E-state index in [1.54, 1.807) is 13.0 Å². The molecule has 0 aliphatic rings. The molecule has 1 N–H and O–H groups in total. The molecule has 3 rings (SSSR count). The second-order valence-electron chi connectivity index (χ2n) is 5.48. The van der Waals surface area contributed by atoms with Crippen molar-refractivity contribution in [3.05, 3.63) is 52.1 Å². The number of rotatable bonds is 4. The number of pyridine rings is 1. The summed E-state index contributed by atoms with van der Waals surface area (Å²) in [5, 5.41) is 13.9. The number of aromatic nitrogens is 2. The molecule has 0 radical (unpaired) electrons. The van der Waals surface area contributed by atoms with E-state index < -0.39 is 16.1 Å². The number of carboxylic acids is 1. The van der Waals surface area contributed by atoms with Crippen molar-refractivity contribution in [1.29, 1.82) is 0 Å². The van der Waals surface area contributed by atoms with Gasteiger partial charge in [0.25, 0.3) is 0 Å². The van der Waals surface area contributed by atoms with Crippen LogP contribution in [0.2, 0.25) is 0 Å². The molecule has 0 amide bonds. The standard InChI is InChI=1S/C16H13BrN2O5S/c1-9-8-19-13(15(14(9)16(20)21)24-25(2,22)23)7-12(18-19)10-4-3-5-11(17)6-10/h3-8H,1-2H3,(H,20,21). The van der Waals surface area contributed by atoms with Crippen LogP contribution in [0.25, 0.3) is 16.8 Å². The van der Waals surface area contributed by atoms with E-state index in [0.717, 1.165) is 16.3 Å². The van der Waals surface area contributed by atoms with Crippen molar-refractivity contribution in [3.63, 3.8) is 0 Å². The fraction of sp³-hybridized carbons (Fsp3) is 0.125. The highest BCUT2D eigenvalue weighted by molar-refractivity contribution is 9.10. The Morgan fingerprint density at radius 1 is 1.32 bits per heavy atom. The molecule has 0 atom stereocenters. The zero-order valence-electron chi connectivity index (χ0n) is 13.2. The van der Waals surface area contributed by atoms with Gasteiger partial charge in [-0.2, -0.15) is 13.5 Å². The number of nitrogens with zero attached hydrogens (tertiary/aromatic N) is 2. The summed E-state index contributed by atoms with van der Waals surface area (Å²) >= 11 is 3.38. The number of carbonyl (C=O) groups is 1. The van der Waals surface area contributed by atoms with Crippen molar-refractivity contribution in [2.45, 2.75) is 6.92 Å². The van der Waals surface area contributed by atoms with Crippen LogP contribution in [0.3, 0.4) is 0 Å². The lowest BCUT2D eigenvalue weighted by molar-refractivity contribution is 0.0694. The highest BCUT2D eigenvalue weighted by atomic mass is 79.9. The summed E-state index contributed by atoms with van der Waals surface area (Å²) in [6, 6.07) is 8.99. The van der Waals surface area contributed by atoms with E-state index in [0.29, 0.717) is 11.3 Å². The van der Waals surface area contributed by atoms with Crippen LogP contribution in [0, 0.1) is 6.92 Å². The molecule has 0 spiro atoms. The summed E-state index contributed by atoms with van der Waals surface area (Å²) in [5.74, 6) is -1.52. The van der Waals surface area contributed by atoms with Crippen molar-refractivity contribution in [2.24, 2.45) is 0 Å². The van der Waals surface area contributed by atoms with Crippen LogP contribution in [-0.2, 0) is 10.1 Å². The predicted octanol–water partition coefficient (Wildman–Crippen LogP) is 3.11. The average molecular weight is 425 g/mol. The number of fused-ring (bicyclic) bond motifs is 1. The second kappa shape index (κ2) is 6.16. The maximum atomic E-state index is 11.6. The molecule has 3 aromatic rings. The summed E-state index contributed by atoms with van der Waals surface area (Å²) in [5.41, 5.74) is 1.73. The Balaban J connectivity index is 2.32. The van der Waals surface area contributed by atoms with Crippen LogP contribution in [0.5, 0.6) is 5.75 Å². The zero-order chi connectivity index (χ0) is 18.4. The van der Waals surface area contributed by atoms with Gasteiger partial charge in [0.1, 0.15) is 11.1 Å². The molecule has 25 heavy (non-hydrogen) atoms. The molecule has 7 nitrogen and oxygen atoms in total. The average Bonchev–Trinajstić information content (AvgIpc) is 2.89. The molecular formula is C16H13BrN2O5S. The molecule has 2 heterocycles. The number of benzene rings is 1. The first kappa shape index (κ1) is 17.4. The normalized spacial score (nSPS) is 11.6. The Bertz CT molecular complexity index is 1110. The Hall–Kier alpha value is -2.39. The summed E-state index contributed by atoms with van der Waals surface area (Å²) in [6.45, 7) is 1.55. The number of hydrogen-bond acceptors (Lipinski definition) is 5. The second-order valence-corrected chi connectivity index (χ2v) is 7.97. The van der Waals surface area contributed by atoms with E-state index in [-0.39, 0.29) is 16.8 Å². The molecule has 130 valence electrons. The highest BCUT2D eigenvalue weighted by Gasteiger charge is 2.23. The number of carboxylic acid groups (broad SMARTS) is 1. The van der Waals surface area contributed by atoms with E-state index in [1.165, 1.54) is 10.7 Å². The summed E-state index contributed by atoms with van der Waals surface area (Å²) in [4.78, 5) is 11.6. The molecular weight excluding hydrogens is 412 g/mol. The van der Waals surface area contributed by atoms with Crippen molar-refractivity contribution in [3.8, 4) is 17.0 Å². The lowest BCUT2D eigenvalue weighted by atomic mass is 10.1. The minimum atomic E-state index is -3.92. The van der Waals surface area contributed by atoms with E-state index in [4.69, 9.17) is 4.18 Å². The third kappa shape index (κ3) is 3.52. The third-order valence-electron chi connectivity index (χ3n) is 3.47. The van der Waals surface area contributed by atoms with E-state index in [9.17, 15) is 18.3 Å². The van der Waals surface area contributed by atoms with Gasteiger partial charge in [0.05, 0.1) is 11.9 Å². The van der Waals surface area contributed by atoms with E-state index >= 15 is 0 Å². The summed E-state index contributed by atoms with van der Waals surface area (Å²) in [6.07, 6.45) is 2.39. The third-order valence-corrected chi connectivity index (χ3v) is 4.44. The molecule has 2 aromatic heterocycles. The smallest absolute Gasteiger partial charge is 0.339 e. The number of hydrogen-bond donors (Lipinski definition) is 1. The molecule has 1 aromatic carbocycles. The Morgan fingerprint density at radius 3 is 2.64 bits per heavy atom. The van der Waals surface area contributed by atoms with Crippen LogP contribution in [-0.4, -0.2) is 35.4 Å². The fourth-order valence-electron chi connectivity index (χ4n) is 2.51. The van der Waals surface area contributed by atoms with Gasteiger partial charge < -0.3 is 9.29 Å². The first-order valence-electron chi connectivity index (χ1n) is 7.07. The largest absolute Gasteiger partial charge is 0.478 e. The first-order valence-corrected chi connectivity index (χ1v) is 9.68. The Labute approximate surface area is 152 Å². The van der Waals surface area contributed by atoms with Crippen molar-refractivity contribution >= 4 is 37.5 Å². The maximum absolute atomic E-state index is 11.6. The topological polar surface area (TPSA) is 98.0 Å². The first-order chi connectivity index (χ1) is 11.7. The van der Waals surface area contributed by atoms with Gasteiger partial charge in [-0.1, -0.05) is 28.1 Å². The lowest BCUT2D eigenvalue weighted by Gasteiger charge is -2.10. The van der Waals surface area contributed by atoms with Gasteiger partial charge in [-0.15, -0.1) is 0 Å². The number of aromatic carboxylic acids is 1. The predicted molar refractivity (Wildman–Crippen MR) is 95.5 cm³/mol. The SMILES string of the molecule is Cc1cn2nc(-c3cccc(Br)c3)cc2c(OS(C)(=O)=O)c1C(=O)O. The van der Waals surface area contributed by atoms with Crippen LogP contribution < -0.4 is 4.18 Å². The molecule has 0 bridgehead atoms. The molecule has 0 aliphatic heterocycles. The van der Waals surface area contributed by atoms with Crippen molar-refractivity contribution < 1.29 is 22.5 Å². The van der Waals surface area contributed by atoms with Gasteiger partial charge in [-0.3, -0.25) is 0 Å². The number of aryl methyl sites for hydroxylation is 1. The molecule has 0 unspecified atom stereocenters. The van der Waals surface area contributed by atoms with E-state index in [2.05, 4.69) is 21.0 Å². The molecule has 9 heteroatoms. The maximum Gasteiger partial charge on any atom is 0.339 e. The van der Waals surface area contributed by atoms with Crippen LogP contribution in [0.1, 0.15) is 15.9 Å². The summed E-state index contributed by atoms with van der Waals surface area (Å²) < 4.78 is 30.5. The van der Waals surface area contributed by atoms with Gasteiger partial charge in [-0.05, 0) is 30.7 Å². The molecule has 0 fully saturated rings. The van der Waals surface area contributed by atoms with Crippen molar-refractivity contribution in [2.75, 3.05) is 6.26 Å². The monoisotopic (exact) mass is 424 g/mol. The minimum absolute atomic E-state index is 0.210. The van der Waals surface area contributed by atoms with Crippen molar-refractivity contribution in [1.82, 2.24) is 9.61 Å². The highest BCUT2D eigenvalue weighted by Crippen LogP contribution is 2.32. The molecule has 0 saturated heterocycles. The van der Waals surface area contributed by atoms with Crippen LogP contribution in [0.4, 0.5) is 0 Å². The van der Waals surface area contributed by atoms with Gasteiger partial charge in [-0.25, -0.2) is 9.31 Å². The number of halogens is 1. The van der Waals surface area contributed by atoms with E-state index in [1.807, 2.05) is 24.3 Å². The van der Waals surface area contributed by atoms with Crippen LogP contribution >= 0.6 is 15.9 Å². The van der Waals surface area contributed by atoms with Gasteiger partial charge in [0, 0.05) is 16.2 Å². The Kier molecular flexibility index (Phi) is 4.29.